The van der Waals surface area contributed by atoms with E-state index in [1.807, 2.05) is 0 Å². The fourth-order valence-electron chi connectivity index (χ4n) is 2.12. The summed E-state index contributed by atoms with van der Waals surface area (Å²) in [4.78, 5) is 12.0. The average molecular weight is 378 g/mol. The van der Waals surface area contributed by atoms with Crippen LogP contribution in [0.2, 0.25) is 5.02 Å². The third-order valence-corrected chi connectivity index (χ3v) is 4.26. The number of nitrogens with one attached hydrogen (secondary N) is 2. The van der Waals surface area contributed by atoms with Gasteiger partial charge in [0.15, 0.2) is 6.10 Å². The summed E-state index contributed by atoms with van der Waals surface area (Å²) in [5.41, 5.74) is 0. The summed E-state index contributed by atoms with van der Waals surface area (Å²) in [6, 6.07) is 5.12. The van der Waals surface area contributed by atoms with Gasteiger partial charge in [-0.1, -0.05) is 11.6 Å². The summed E-state index contributed by atoms with van der Waals surface area (Å²) in [5.74, 6) is 0.393. The molecule has 0 spiro atoms. The summed E-state index contributed by atoms with van der Waals surface area (Å²) in [5, 5.41) is 16.1. The molecule has 3 atom stereocenters. The minimum atomic E-state index is -0.631. The molecule has 0 aliphatic carbocycles. The van der Waals surface area contributed by atoms with Crippen LogP contribution >= 0.6 is 27.5 Å². The molecule has 3 N–H and O–H groups in total. The van der Waals surface area contributed by atoms with Crippen molar-refractivity contribution in [2.45, 2.75) is 19.1 Å². The van der Waals surface area contributed by atoms with Gasteiger partial charge in [0.1, 0.15) is 5.75 Å². The van der Waals surface area contributed by atoms with Crippen LogP contribution in [0.3, 0.4) is 0 Å². The van der Waals surface area contributed by atoms with Gasteiger partial charge in [-0.2, -0.15) is 0 Å². The Labute approximate surface area is 137 Å². The van der Waals surface area contributed by atoms with Crippen molar-refractivity contribution in [2.24, 2.45) is 5.92 Å². The second-order valence-corrected chi connectivity index (χ2v) is 6.36. The predicted molar refractivity (Wildman–Crippen MR) is 84.6 cm³/mol. The number of amides is 1. The lowest BCUT2D eigenvalue weighted by atomic mass is 10.1. The first-order valence-electron chi connectivity index (χ1n) is 6.75. The Bertz CT molecular complexity index is 515. The molecule has 1 heterocycles. The topological polar surface area (TPSA) is 70.6 Å². The van der Waals surface area contributed by atoms with E-state index in [0.717, 1.165) is 0 Å². The molecule has 7 heteroatoms. The number of carbonyl (C=O) groups is 1. The van der Waals surface area contributed by atoms with Crippen LogP contribution in [-0.4, -0.2) is 42.9 Å². The Hall–Kier alpha value is -0.820. The Kier molecular flexibility index (Phi) is 5.87. The Morgan fingerprint density at radius 1 is 1.62 bits per heavy atom. The summed E-state index contributed by atoms with van der Waals surface area (Å²) >= 11 is 9.20. The summed E-state index contributed by atoms with van der Waals surface area (Å²) < 4.78 is 6.31. The smallest absolute Gasteiger partial charge is 0.260 e. The van der Waals surface area contributed by atoms with Crippen LogP contribution in [0.4, 0.5) is 0 Å². The largest absolute Gasteiger partial charge is 0.480 e. The minimum absolute atomic E-state index is 0.0448. The summed E-state index contributed by atoms with van der Waals surface area (Å²) in [7, 11) is 0. The number of hydrogen-bond donors (Lipinski definition) is 3. The van der Waals surface area contributed by atoms with E-state index in [1.54, 1.807) is 25.1 Å². The van der Waals surface area contributed by atoms with E-state index < -0.39 is 12.2 Å². The Morgan fingerprint density at radius 2 is 2.38 bits per heavy atom. The minimum Gasteiger partial charge on any atom is -0.480 e. The van der Waals surface area contributed by atoms with Crippen LogP contribution < -0.4 is 15.4 Å². The molecule has 1 fully saturated rings. The van der Waals surface area contributed by atoms with Crippen LogP contribution in [-0.2, 0) is 4.79 Å². The fourth-order valence-corrected chi connectivity index (χ4v) is 2.89. The van der Waals surface area contributed by atoms with Crippen molar-refractivity contribution in [3.63, 3.8) is 0 Å². The first kappa shape index (κ1) is 16.5. The van der Waals surface area contributed by atoms with Gasteiger partial charge in [0.2, 0.25) is 0 Å². The lowest BCUT2D eigenvalue weighted by Crippen LogP contribution is -2.41. The molecule has 5 nitrogen and oxygen atoms in total. The van der Waals surface area contributed by atoms with Crippen molar-refractivity contribution in [3.8, 4) is 5.75 Å². The third-order valence-electron chi connectivity index (χ3n) is 3.41. The maximum absolute atomic E-state index is 12.0. The molecule has 3 unspecified atom stereocenters. The number of benzene rings is 1. The molecule has 1 aliphatic heterocycles. The van der Waals surface area contributed by atoms with Gasteiger partial charge in [-0.05, 0) is 41.1 Å². The van der Waals surface area contributed by atoms with Gasteiger partial charge in [0, 0.05) is 30.6 Å². The van der Waals surface area contributed by atoms with Crippen molar-refractivity contribution < 1.29 is 14.6 Å². The van der Waals surface area contributed by atoms with Crippen LogP contribution in [0.25, 0.3) is 0 Å². The third kappa shape index (κ3) is 4.57. The highest BCUT2D eigenvalue weighted by Gasteiger charge is 2.26. The number of halogens is 2. The van der Waals surface area contributed by atoms with Crippen LogP contribution in [0.5, 0.6) is 5.75 Å². The molecule has 1 aromatic carbocycles. The molecule has 2 rings (SSSR count). The SMILES string of the molecule is CC(Oc1ccc(Cl)cc1Br)C(=O)NCC1CNCC1O. The van der Waals surface area contributed by atoms with Gasteiger partial charge in [0.05, 0.1) is 10.6 Å². The van der Waals surface area contributed by atoms with Crippen LogP contribution in [0.1, 0.15) is 6.92 Å². The standard InChI is InChI=1S/C14H18BrClN2O3/c1-8(21-13-3-2-10(16)4-11(13)15)14(20)18-6-9-5-17-7-12(9)19/h2-4,8-9,12,17,19H,5-7H2,1H3,(H,18,20). The second-order valence-electron chi connectivity index (χ2n) is 5.07. The van der Waals surface area contributed by atoms with Gasteiger partial charge >= 0.3 is 0 Å². The molecule has 1 aromatic rings. The van der Waals surface area contributed by atoms with Crippen LogP contribution in [0, 0.1) is 5.92 Å². The number of hydrogen-bond acceptors (Lipinski definition) is 4. The first-order valence-corrected chi connectivity index (χ1v) is 7.92. The molecule has 0 bridgehead atoms. The maximum Gasteiger partial charge on any atom is 0.260 e. The lowest BCUT2D eigenvalue weighted by Gasteiger charge is -2.18. The molecule has 0 aromatic heterocycles. The molecule has 1 saturated heterocycles. The quantitative estimate of drug-likeness (QED) is 0.728. The van der Waals surface area contributed by atoms with Crippen LogP contribution in [0.15, 0.2) is 22.7 Å². The first-order chi connectivity index (χ1) is 9.97. The Balaban J connectivity index is 1.84. The molecule has 1 amide bonds. The normalized spacial score (nSPS) is 22.9. The van der Waals surface area contributed by atoms with Gasteiger partial charge in [0.25, 0.3) is 5.91 Å². The summed E-state index contributed by atoms with van der Waals surface area (Å²) in [6.07, 6.45) is -1.04. The number of carbonyl (C=O) groups excluding carboxylic acids is 1. The van der Waals surface area contributed by atoms with Crippen molar-refractivity contribution in [3.05, 3.63) is 27.7 Å². The molecule has 21 heavy (non-hydrogen) atoms. The second kappa shape index (κ2) is 7.45. The Morgan fingerprint density at radius 3 is 3.00 bits per heavy atom. The lowest BCUT2D eigenvalue weighted by molar-refractivity contribution is -0.127. The highest BCUT2D eigenvalue weighted by atomic mass is 79.9. The number of ether oxygens (including phenoxy) is 1. The van der Waals surface area contributed by atoms with Crippen molar-refractivity contribution in [1.29, 1.82) is 0 Å². The van der Waals surface area contributed by atoms with Crippen molar-refractivity contribution >= 4 is 33.4 Å². The van der Waals surface area contributed by atoms with E-state index >= 15 is 0 Å². The van der Waals surface area contributed by atoms with Gasteiger partial charge in [-0.3, -0.25) is 4.79 Å². The highest BCUT2D eigenvalue weighted by Crippen LogP contribution is 2.28. The van der Waals surface area contributed by atoms with E-state index in [4.69, 9.17) is 16.3 Å². The predicted octanol–water partition coefficient (Wildman–Crippen LogP) is 1.57. The van der Waals surface area contributed by atoms with Crippen molar-refractivity contribution in [2.75, 3.05) is 19.6 Å². The van der Waals surface area contributed by atoms with E-state index in [1.165, 1.54) is 0 Å². The van der Waals surface area contributed by atoms with E-state index in [9.17, 15) is 9.90 Å². The zero-order valence-electron chi connectivity index (χ0n) is 11.6. The zero-order chi connectivity index (χ0) is 15.4. The monoisotopic (exact) mass is 376 g/mol. The summed E-state index contributed by atoms with van der Waals surface area (Å²) in [6.45, 7) is 3.39. The van der Waals surface area contributed by atoms with E-state index in [2.05, 4.69) is 26.6 Å². The molecule has 0 saturated carbocycles. The maximum atomic E-state index is 12.0. The number of rotatable bonds is 5. The molecule has 116 valence electrons. The number of aliphatic hydroxyl groups excluding tert-OH is 1. The van der Waals surface area contributed by atoms with E-state index in [-0.39, 0.29) is 11.8 Å². The number of aliphatic hydroxyl groups is 1. The average Bonchev–Trinajstić information content (AvgIpc) is 2.84. The van der Waals surface area contributed by atoms with E-state index in [0.29, 0.717) is 34.9 Å². The molecular formula is C14H18BrClN2O3. The van der Waals surface area contributed by atoms with Gasteiger partial charge in [-0.15, -0.1) is 0 Å². The van der Waals surface area contributed by atoms with Crippen molar-refractivity contribution in [1.82, 2.24) is 10.6 Å². The zero-order valence-corrected chi connectivity index (χ0v) is 13.9. The molecular weight excluding hydrogens is 360 g/mol. The fraction of sp³-hybridized carbons (Fsp3) is 0.500. The molecule has 0 radical (unpaired) electrons. The highest BCUT2D eigenvalue weighted by molar-refractivity contribution is 9.10. The van der Waals surface area contributed by atoms with Gasteiger partial charge < -0.3 is 20.5 Å². The number of β-amino-alcohol motifs (C(OH)–C–C–N with tert-alkyl or cyclic N) is 1. The molecule has 1 aliphatic rings. The van der Waals surface area contributed by atoms with Gasteiger partial charge in [-0.25, -0.2) is 0 Å².